The number of allylic oxidation sites excluding steroid dienone is 1. The van der Waals surface area contributed by atoms with Crippen molar-refractivity contribution in [1.82, 2.24) is 0 Å². The maximum atomic E-state index is 10.1. The summed E-state index contributed by atoms with van der Waals surface area (Å²) in [6.07, 6.45) is 3.12. The van der Waals surface area contributed by atoms with Gasteiger partial charge in [-0.15, -0.1) is 0 Å². The minimum atomic E-state index is -0.575. The van der Waals surface area contributed by atoms with E-state index in [1.54, 1.807) is 0 Å². The van der Waals surface area contributed by atoms with Gasteiger partial charge in [-0.3, -0.25) is 0 Å². The minimum absolute atomic E-state index is 0.00261. The summed E-state index contributed by atoms with van der Waals surface area (Å²) in [7, 11) is 0. The summed E-state index contributed by atoms with van der Waals surface area (Å²) >= 11 is 0. The third-order valence-electron chi connectivity index (χ3n) is 3.54. The molecule has 0 amide bonds. The first-order chi connectivity index (χ1) is 8.03. The Kier molecular flexibility index (Phi) is 2.45. The average molecular weight is 238 g/mol. The van der Waals surface area contributed by atoms with Crippen LogP contribution in [0.4, 0.5) is 0 Å². The van der Waals surface area contributed by atoms with Gasteiger partial charge in [-0.2, -0.15) is 0 Å². The third kappa shape index (κ3) is 1.76. The summed E-state index contributed by atoms with van der Waals surface area (Å²) < 4.78 is 17.1. The number of aliphatic hydroxyl groups is 1. The summed E-state index contributed by atoms with van der Waals surface area (Å²) in [5.41, 5.74) is 1.92. The molecule has 4 heteroatoms. The first-order valence-corrected chi connectivity index (χ1v) is 6.04. The number of fused-ring (bicyclic) bond motifs is 3. The lowest BCUT2D eigenvalue weighted by atomic mass is 9.86. The molecule has 0 bridgehead atoms. The largest absolute Gasteiger partial charge is 0.386 e. The molecule has 2 fully saturated rings. The van der Waals surface area contributed by atoms with Crippen molar-refractivity contribution in [2.45, 2.75) is 51.0 Å². The highest BCUT2D eigenvalue weighted by molar-refractivity contribution is 5.40. The van der Waals surface area contributed by atoms with E-state index in [-0.39, 0.29) is 18.3 Å². The second-order valence-corrected chi connectivity index (χ2v) is 5.22. The second kappa shape index (κ2) is 3.65. The van der Waals surface area contributed by atoms with E-state index in [9.17, 15) is 5.11 Å². The zero-order chi connectivity index (χ0) is 12.2. The average Bonchev–Trinajstić information content (AvgIpc) is 3.03. The zero-order valence-corrected chi connectivity index (χ0v) is 10.3. The van der Waals surface area contributed by atoms with Crippen molar-refractivity contribution in [3.8, 4) is 0 Å². The Balaban J connectivity index is 1.97. The number of rotatable bonds is 1. The summed E-state index contributed by atoms with van der Waals surface area (Å²) in [6, 6.07) is 0. The van der Waals surface area contributed by atoms with E-state index in [1.165, 1.54) is 0 Å². The van der Waals surface area contributed by atoms with E-state index >= 15 is 0 Å². The molecule has 1 aliphatic carbocycles. The molecule has 3 aliphatic rings. The molecule has 0 aromatic rings. The predicted molar refractivity (Wildman–Crippen MR) is 61.4 cm³/mol. The monoisotopic (exact) mass is 238 g/mol. The fourth-order valence-electron chi connectivity index (χ4n) is 2.64. The molecule has 4 nitrogen and oxygen atoms in total. The van der Waals surface area contributed by atoms with E-state index in [0.717, 1.165) is 11.1 Å². The normalized spacial score (nSPS) is 43.5. The van der Waals surface area contributed by atoms with E-state index in [0.29, 0.717) is 6.61 Å². The quantitative estimate of drug-likeness (QED) is 0.696. The Morgan fingerprint density at radius 1 is 1.35 bits per heavy atom. The van der Waals surface area contributed by atoms with Gasteiger partial charge >= 0.3 is 0 Å². The summed E-state index contributed by atoms with van der Waals surface area (Å²) in [5, 5.41) is 10.1. The molecule has 3 rings (SSSR count). The molecule has 0 radical (unpaired) electrons. The van der Waals surface area contributed by atoms with Crippen molar-refractivity contribution in [2.24, 2.45) is 0 Å². The topological polar surface area (TPSA) is 51.2 Å². The Hall–Kier alpha value is -0.680. The maximum Gasteiger partial charge on any atom is 0.164 e. The number of epoxide rings is 1. The van der Waals surface area contributed by atoms with Gasteiger partial charge < -0.3 is 19.3 Å². The van der Waals surface area contributed by atoms with Crippen LogP contribution >= 0.6 is 0 Å². The SMILES string of the molecule is C/C=C\C1=C2COC(C)(C)O[C@@H]2[C@H]2O[C@H]2[C@H]1O. The van der Waals surface area contributed by atoms with Crippen LogP contribution in [0.25, 0.3) is 0 Å². The summed E-state index contributed by atoms with van der Waals surface area (Å²) in [6.45, 7) is 6.24. The van der Waals surface area contributed by atoms with Gasteiger partial charge in [0.05, 0.1) is 6.61 Å². The molecule has 0 spiro atoms. The molecular formula is C13H18O4. The summed E-state index contributed by atoms with van der Waals surface area (Å²) in [4.78, 5) is 0. The minimum Gasteiger partial charge on any atom is -0.386 e. The van der Waals surface area contributed by atoms with Gasteiger partial charge in [0.2, 0.25) is 0 Å². The van der Waals surface area contributed by atoms with Crippen LogP contribution in [-0.4, -0.2) is 41.9 Å². The maximum absolute atomic E-state index is 10.1. The molecule has 0 unspecified atom stereocenters. The van der Waals surface area contributed by atoms with Crippen LogP contribution in [0.15, 0.2) is 23.3 Å². The number of aliphatic hydroxyl groups excluding tert-OH is 1. The van der Waals surface area contributed by atoms with Crippen molar-refractivity contribution < 1.29 is 19.3 Å². The molecule has 4 atom stereocenters. The predicted octanol–water partition coefficient (Wildman–Crippen LogP) is 1.15. The van der Waals surface area contributed by atoms with E-state index < -0.39 is 11.9 Å². The van der Waals surface area contributed by atoms with Crippen LogP contribution in [0.3, 0.4) is 0 Å². The molecule has 17 heavy (non-hydrogen) atoms. The van der Waals surface area contributed by atoms with Gasteiger partial charge in [-0.05, 0) is 31.9 Å². The van der Waals surface area contributed by atoms with Crippen LogP contribution in [0.5, 0.6) is 0 Å². The van der Waals surface area contributed by atoms with Crippen molar-refractivity contribution >= 4 is 0 Å². The molecule has 2 aliphatic heterocycles. The molecule has 1 N–H and O–H groups in total. The van der Waals surface area contributed by atoms with Gasteiger partial charge in [-0.1, -0.05) is 12.2 Å². The van der Waals surface area contributed by atoms with Crippen LogP contribution < -0.4 is 0 Å². The van der Waals surface area contributed by atoms with Gasteiger partial charge in [-0.25, -0.2) is 0 Å². The van der Waals surface area contributed by atoms with Gasteiger partial charge in [0.25, 0.3) is 0 Å². The molecule has 0 aromatic carbocycles. The van der Waals surface area contributed by atoms with Crippen molar-refractivity contribution in [1.29, 1.82) is 0 Å². The Morgan fingerprint density at radius 3 is 2.82 bits per heavy atom. The molecule has 2 heterocycles. The third-order valence-corrected chi connectivity index (χ3v) is 3.54. The Bertz CT molecular complexity index is 396. The van der Waals surface area contributed by atoms with Crippen molar-refractivity contribution in [3.05, 3.63) is 23.3 Å². The molecule has 94 valence electrons. The molecular weight excluding hydrogens is 220 g/mol. The second-order valence-electron chi connectivity index (χ2n) is 5.22. The highest BCUT2D eigenvalue weighted by atomic mass is 16.7. The molecule has 0 aromatic heterocycles. The Labute approximate surface area is 101 Å². The van der Waals surface area contributed by atoms with E-state index in [4.69, 9.17) is 14.2 Å². The van der Waals surface area contributed by atoms with Crippen LogP contribution in [0.1, 0.15) is 20.8 Å². The number of hydrogen-bond acceptors (Lipinski definition) is 4. The van der Waals surface area contributed by atoms with Crippen LogP contribution in [-0.2, 0) is 14.2 Å². The number of hydrogen-bond donors (Lipinski definition) is 1. The first kappa shape index (κ1) is 11.4. The smallest absolute Gasteiger partial charge is 0.164 e. The highest BCUT2D eigenvalue weighted by Gasteiger charge is 2.58. The van der Waals surface area contributed by atoms with Crippen LogP contribution in [0, 0.1) is 0 Å². The van der Waals surface area contributed by atoms with Gasteiger partial charge in [0.1, 0.15) is 24.4 Å². The lowest BCUT2D eigenvalue weighted by molar-refractivity contribution is -0.255. The van der Waals surface area contributed by atoms with Crippen molar-refractivity contribution in [3.63, 3.8) is 0 Å². The van der Waals surface area contributed by atoms with Crippen molar-refractivity contribution in [2.75, 3.05) is 6.61 Å². The van der Waals surface area contributed by atoms with E-state index in [1.807, 2.05) is 32.9 Å². The number of ether oxygens (including phenoxy) is 3. The lowest BCUT2D eigenvalue weighted by Crippen LogP contribution is -2.48. The molecule has 2 saturated heterocycles. The van der Waals surface area contributed by atoms with Gasteiger partial charge in [0, 0.05) is 0 Å². The lowest BCUT2D eigenvalue weighted by Gasteiger charge is -2.40. The first-order valence-electron chi connectivity index (χ1n) is 6.04. The van der Waals surface area contributed by atoms with Gasteiger partial charge in [0.15, 0.2) is 5.79 Å². The Morgan fingerprint density at radius 2 is 2.12 bits per heavy atom. The zero-order valence-electron chi connectivity index (χ0n) is 10.3. The standard InChI is InChI=1S/C13H18O4/c1-4-5-7-8-6-15-13(2,3)17-10(8)12-11(16-12)9(7)14/h4-5,9-12,14H,6H2,1-3H3/b5-4-/t9-,10-,11-,12+/m0/s1. The van der Waals surface area contributed by atoms with E-state index in [2.05, 4.69) is 0 Å². The molecule has 0 saturated carbocycles. The fourth-order valence-corrected chi connectivity index (χ4v) is 2.64. The summed E-state index contributed by atoms with van der Waals surface area (Å²) in [5.74, 6) is -0.575. The van der Waals surface area contributed by atoms with Crippen LogP contribution in [0.2, 0.25) is 0 Å². The highest BCUT2D eigenvalue weighted by Crippen LogP contribution is 2.45. The fraction of sp³-hybridized carbons (Fsp3) is 0.692.